The van der Waals surface area contributed by atoms with Gasteiger partial charge in [0.1, 0.15) is 0 Å². The fourth-order valence-corrected chi connectivity index (χ4v) is 2.66. The van der Waals surface area contributed by atoms with E-state index < -0.39 is 9.84 Å². The SMILES string of the molecule is Cn1ncc(N)c1-c1ccccc1S(C)(=O)=O. The fourth-order valence-electron chi connectivity index (χ4n) is 1.77. The van der Waals surface area contributed by atoms with Crippen LogP contribution < -0.4 is 5.73 Å². The molecule has 0 spiro atoms. The average molecular weight is 251 g/mol. The molecule has 0 amide bonds. The van der Waals surface area contributed by atoms with Crippen LogP contribution in [0.3, 0.4) is 0 Å². The largest absolute Gasteiger partial charge is 0.396 e. The van der Waals surface area contributed by atoms with Gasteiger partial charge in [-0.15, -0.1) is 0 Å². The van der Waals surface area contributed by atoms with E-state index in [2.05, 4.69) is 5.10 Å². The van der Waals surface area contributed by atoms with Crippen LogP contribution in [-0.4, -0.2) is 24.5 Å². The standard InChI is InChI=1S/C11H13N3O2S/c1-14-11(9(12)7-13-14)8-5-3-4-6-10(8)17(2,15)16/h3-7H,12H2,1-2H3. The van der Waals surface area contributed by atoms with Gasteiger partial charge in [0.15, 0.2) is 9.84 Å². The van der Waals surface area contributed by atoms with E-state index in [1.54, 1.807) is 36.0 Å². The van der Waals surface area contributed by atoms with Gasteiger partial charge in [-0.05, 0) is 6.07 Å². The molecule has 1 heterocycles. The molecule has 2 aromatic rings. The lowest BCUT2D eigenvalue weighted by atomic mass is 10.1. The molecule has 17 heavy (non-hydrogen) atoms. The van der Waals surface area contributed by atoms with Crippen LogP contribution in [0.2, 0.25) is 0 Å². The smallest absolute Gasteiger partial charge is 0.176 e. The van der Waals surface area contributed by atoms with Crippen LogP contribution in [0, 0.1) is 0 Å². The van der Waals surface area contributed by atoms with E-state index in [4.69, 9.17) is 5.73 Å². The summed E-state index contributed by atoms with van der Waals surface area (Å²) in [6.07, 6.45) is 2.69. The van der Waals surface area contributed by atoms with Gasteiger partial charge in [0, 0.05) is 18.9 Å². The summed E-state index contributed by atoms with van der Waals surface area (Å²) in [4.78, 5) is 0.260. The Balaban J connectivity index is 2.78. The number of hydrogen-bond donors (Lipinski definition) is 1. The fraction of sp³-hybridized carbons (Fsp3) is 0.182. The zero-order chi connectivity index (χ0) is 12.6. The minimum absolute atomic E-state index is 0.260. The first-order valence-electron chi connectivity index (χ1n) is 4.98. The van der Waals surface area contributed by atoms with E-state index in [1.807, 2.05) is 0 Å². The summed E-state index contributed by atoms with van der Waals surface area (Å²) >= 11 is 0. The van der Waals surface area contributed by atoms with Gasteiger partial charge < -0.3 is 5.73 Å². The highest BCUT2D eigenvalue weighted by molar-refractivity contribution is 7.90. The number of nitrogens with two attached hydrogens (primary N) is 1. The first-order valence-corrected chi connectivity index (χ1v) is 6.87. The lowest BCUT2D eigenvalue weighted by Gasteiger charge is -2.08. The van der Waals surface area contributed by atoms with Crippen molar-refractivity contribution in [1.29, 1.82) is 0 Å². The molecule has 1 aromatic carbocycles. The lowest BCUT2D eigenvalue weighted by Crippen LogP contribution is -2.03. The molecule has 0 saturated carbocycles. The minimum Gasteiger partial charge on any atom is -0.396 e. The van der Waals surface area contributed by atoms with E-state index in [0.29, 0.717) is 16.9 Å². The molecule has 0 fully saturated rings. The number of nitrogens with zero attached hydrogens (tertiary/aromatic N) is 2. The van der Waals surface area contributed by atoms with Gasteiger partial charge >= 0.3 is 0 Å². The Labute approximate surface area is 99.8 Å². The molecule has 0 saturated heterocycles. The molecular formula is C11H13N3O2S. The summed E-state index contributed by atoms with van der Waals surface area (Å²) in [6.45, 7) is 0. The van der Waals surface area contributed by atoms with E-state index >= 15 is 0 Å². The van der Waals surface area contributed by atoms with Crippen molar-refractivity contribution in [2.24, 2.45) is 7.05 Å². The van der Waals surface area contributed by atoms with Gasteiger partial charge in [-0.25, -0.2) is 8.42 Å². The number of rotatable bonds is 2. The molecule has 5 nitrogen and oxygen atoms in total. The zero-order valence-electron chi connectivity index (χ0n) is 9.58. The molecule has 0 aliphatic heterocycles. The van der Waals surface area contributed by atoms with Crippen molar-refractivity contribution in [2.75, 3.05) is 12.0 Å². The van der Waals surface area contributed by atoms with E-state index in [-0.39, 0.29) is 4.90 Å². The third-order valence-electron chi connectivity index (χ3n) is 2.51. The topological polar surface area (TPSA) is 78.0 Å². The van der Waals surface area contributed by atoms with Gasteiger partial charge in [-0.2, -0.15) is 5.10 Å². The second-order valence-electron chi connectivity index (χ2n) is 3.84. The number of anilines is 1. The molecule has 0 atom stereocenters. The molecule has 0 aliphatic rings. The van der Waals surface area contributed by atoms with Crippen molar-refractivity contribution in [3.05, 3.63) is 30.5 Å². The van der Waals surface area contributed by atoms with Gasteiger partial charge in [-0.1, -0.05) is 18.2 Å². The number of nitrogen functional groups attached to an aromatic ring is 1. The Kier molecular flexibility index (Phi) is 2.66. The van der Waals surface area contributed by atoms with Crippen LogP contribution in [0.1, 0.15) is 0 Å². The molecule has 0 unspecified atom stereocenters. The summed E-state index contributed by atoms with van der Waals surface area (Å²) in [5.41, 5.74) is 7.46. The summed E-state index contributed by atoms with van der Waals surface area (Å²) in [6, 6.07) is 6.75. The Morgan fingerprint density at radius 3 is 2.47 bits per heavy atom. The molecular weight excluding hydrogens is 238 g/mol. The van der Waals surface area contributed by atoms with Crippen LogP contribution in [-0.2, 0) is 16.9 Å². The van der Waals surface area contributed by atoms with Crippen molar-refractivity contribution in [3.63, 3.8) is 0 Å². The van der Waals surface area contributed by atoms with Crippen molar-refractivity contribution < 1.29 is 8.42 Å². The highest BCUT2D eigenvalue weighted by atomic mass is 32.2. The molecule has 6 heteroatoms. The maximum atomic E-state index is 11.7. The normalized spacial score (nSPS) is 11.6. The molecule has 2 N–H and O–H groups in total. The highest BCUT2D eigenvalue weighted by Crippen LogP contribution is 2.30. The molecule has 1 aromatic heterocycles. The zero-order valence-corrected chi connectivity index (χ0v) is 10.4. The second-order valence-corrected chi connectivity index (χ2v) is 5.82. The van der Waals surface area contributed by atoms with Crippen LogP contribution in [0.25, 0.3) is 11.3 Å². The Hall–Kier alpha value is -1.82. The minimum atomic E-state index is -3.29. The number of aromatic nitrogens is 2. The molecule has 2 rings (SSSR count). The van der Waals surface area contributed by atoms with E-state index in [0.717, 1.165) is 0 Å². The Bertz CT molecular complexity index is 640. The van der Waals surface area contributed by atoms with Crippen molar-refractivity contribution in [2.45, 2.75) is 4.90 Å². The van der Waals surface area contributed by atoms with Crippen LogP contribution in [0.4, 0.5) is 5.69 Å². The summed E-state index contributed by atoms with van der Waals surface area (Å²) in [5, 5.41) is 4.01. The quantitative estimate of drug-likeness (QED) is 0.866. The maximum absolute atomic E-state index is 11.7. The van der Waals surface area contributed by atoms with E-state index in [9.17, 15) is 8.42 Å². The van der Waals surface area contributed by atoms with Crippen LogP contribution >= 0.6 is 0 Å². The van der Waals surface area contributed by atoms with Gasteiger partial charge in [0.25, 0.3) is 0 Å². The third-order valence-corrected chi connectivity index (χ3v) is 3.66. The maximum Gasteiger partial charge on any atom is 0.176 e. The first-order chi connectivity index (χ1) is 7.91. The Morgan fingerprint density at radius 2 is 1.94 bits per heavy atom. The number of benzene rings is 1. The molecule has 0 aliphatic carbocycles. The van der Waals surface area contributed by atoms with Crippen molar-refractivity contribution in [1.82, 2.24) is 9.78 Å². The predicted octanol–water partition coefficient (Wildman–Crippen LogP) is 1.07. The lowest BCUT2D eigenvalue weighted by molar-refractivity contribution is 0.602. The number of hydrogen-bond acceptors (Lipinski definition) is 4. The number of aryl methyl sites for hydroxylation is 1. The second kappa shape index (κ2) is 3.89. The molecule has 0 bridgehead atoms. The summed E-state index contributed by atoms with van der Waals surface area (Å²) in [5.74, 6) is 0. The summed E-state index contributed by atoms with van der Waals surface area (Å²) < 4.78 is 25.0. The average Bonchev–Trinajstić information content (AvgIpc) is 2.57. The van der Waals surface area contributed by atoms with Crippen molar-refractivity contribution in [3.8, 4) is 11.3 Å². The van der Waals surface area contributed by atoms with Gasteiger partial charge in [0.2, 0.25) is 0 Å². The Morgan fingerprint density at radius 1 is 1.29 bits per heavy atom. The number of sulfone groups is 1. The van der Waals surface area contributed by atoms with Crippen molar-refractivity contribution >= 4 is 15.5 Å². The van der Waals surface area contributed by atoms with E-state index in [1.165, 1.54) is 12.5 Å². The highest BCUT2D eigenvalue weighted by Gasteiger charge is 2.18. The molecule has 90 valence electrons. The van der Waals surface area contributed by atoms with Crippen LogP contribution in [0.15, 0.2) is 35.4 Å². The van der Waals surface area contributed by atoms with Crippen LogP contribution in [0.5, 0.6) is 0 Å². The first kappa shape index (κ1) is 11.7. The third kappa shape index (κ3) is 2.03. The van der Waals surface area contributed by atoms with Gasteiger partial charge in [-0.3, -0.25) is 4.68 Å². The molecule has 0 radical (unpaired) electrons. The van der Waals surface area contributed by atoms with Gasteiger partial charge in [0.05, 0.1) is 22.5 Å². The predicted molar refractivity (Wildman–Crippen MR) is 66.2 cm³/mol. The summed E-state index contributed by atoms with van der Waals surface area (Å²) in [7, 11) is -1.56. The monoisotopic (exact) mass is 251 g/mol.